The SMILES string of the molecule is COc1cc(OC)cc(C(=O)c2cc(C=O)c(N)c(Cl)c2C)c1. The molecular formula is C17H16ClNO4. The number of hydrogen-bond donors (Lipinski definition) is 1. The minimum Gasteiger partial charge on any atom is -0.497 e. The molecule has 2 N–H and O–H groups in total. The van der Waals surface area contributed by atoms with E-state index in [2.05, 4.69) is 0 Å². The number of nitrogens with two attached hydrogens (primary N) is 1. The number of methoxy groups -OCH3 is 2. The van der Waals surface area contributed by atoms with Gasteiger partial charge in [-0.25, -0.2) is 0 Å². The quantitative estimate of drug-likeness (QED) is 0.516. The maximum Gasteiger partial charge on any atom is 0.193 e. The number of nitrogen functional groups attached to an aromatic ring is 1. The Kier molecular flexibility index (Phi) is 4.91. The second kappa shape index (κ2) is 6.71. The second-order valence-electron chi connectivity index (χ2n) is 4.91. The minimum atomic E-state index is -0.301. The summed E-state index contributed by atoms with van der Waals surface area (Å²) in [7, 11) is 3.00. The summed E-state index contributed by atoms with van der Waals surface area (Å²) in [5.41, 5.74) is 7.31. The van der Waals surface area contributed by atoms with Crippen LogP contribution >= 0.6 is 11.6 Å². The van der Waals surface area contributed by atoms with Crippen LogP contribution in [0.4, 0.5) is 5.69 Å². The smallest absolute Gasteiger partial charge is 0.193 e. The molecule has 120 valence electrons. The lowest BCUT2D eigenvalue weighted by Gasteiger charge is -2.12. The molecule has 0 spiro atoms. The monoisotopic (exact) mass is 333 g/mol. The van der Waals surface area contributed by atoms with Gasteiger partial charge in [0.05, 0.1) is 24.9 Å². The highest BCUT2D eigenvalue weighted by Crippen LogP contribution is 2.31. The molecule has 0 aliphatic rings. The molecule has 0 radical (unpaired) electrons. The highest BCUT2D eigenvalue weighted by atomic mass is 35.5. The Morgan fingerprint density at radius 3 is 2.17 bits per heavy atom. The molecule has 2 aromatic carbocycles. The number of halogens is 1. The lowest BCUT2D eigenvalue weighted by molar-refractivity contribution is 0.103. The molecule has 0 aliphatic carbocycles. The number of ether oxygens (including phenoxy) is 2. The molecule has 2 rings (SSSR count). The van der Waals surface area contributed by atoms with Crippen LogP contribution in [0.3, 0.4) is 0 Å². The Labute approximate surface area is 139 Å². The van der Waals surface area contributed by atoms with Gasteiger partial charge in [-0.15, -0.1) is 0 Å². The molecule has 0 saturated carbocycles. The van der Waals surface area contributed by atoms with Crippen LogP contribution in [-0.4, -0.2) is 26.3 Å². The van der Waals surface area contributed by atoms with E-state index in [0.29, 0.717) is 34.5 Å². The van der Waals surface area contributed by atoms with E-state index >= 15 is 0 Å². The Hall–Kier alpha value is -2.53. The van der Waals surface area contributed by atoms with Gasteiger partial charge in [0.1, 0.15) is 11.5 Å². The molecule has 6 heteroatoms. The van der Waals surface area contributed by atoms with Crippen LogP contribution in [0.5, 0.6) is 11.5 Å². The van der Waals surface area contributed by atoms with Gasteiger partial charge in [0, 0.05) is 22.8 Å². The van der Waals surface area contributed by atoms with Gasteiger partial charge < -0.3 is 15.2 Å². The molecule has 0 atom stereocenters. The molecule has 23 heavy (non-hydrogen) atoms. The predicted molar refractivity (Wildman–Crippen MR) is 89.0 cm³/mol. The number of carbonyl (C=O) groups excluding carboxylic acids is 2. The van der Waals surface area contributed by atoms with Gasteiger partial charge in [0.2, 0.25) is 0 Å². The Bertz CT molecular complexity index is 764. The van der Waals surface area contributed by atoms with Gasteiger partial charge in [-0.1, -0.05) is 11.6 Å². The zero-order chi connectivity index (χ0) is 17.1. The molecule has 0 saturated heterocycles. The van der Waals surface area contributed by atoms with Crippen LogP contribution in [0.1, 0.15) is 31.8 Å². The molecule has 0 aromatic heterocycles. The van der Waals surface area contributed by atoms with Crippen molar-refractivity contribution < 1.29 is 19.1 Å². The van der Waals surface area contributed by atoms with Crippen molar-refractivity contribution in [2.75, 3.05) is 20.0 Å². The van der Waals surface area contributed by atoms with Crippen molar-refractivity contribution in [2.45, 2.75) is 6.92 Å². The van der Waals surface area contributed by atoms with E-state index < -0.39 is 0 Å². The lowest BCUT2D eigenvalue weighted by atomic mass is 9.96. The summed E-state index contributed by atoms with van der Waals surface area (Å²) in [6.45, 7) is 1.68. The zero-order valence-electron chi connectivity index (χ0n) is 13.0. The van der Waals surface area contributed by atoms with Crippen LogP contribution in [0, 0.1) is 6.92 Å². The van der Waals surface area contributed by atoms with Gasteiger partial charge in [0.25, 0.3) is 0 Å². The van der Waals surface area contributed by atoms with E-state index in [4.69, 9.17) is 26.8 Å². The highest BCUT2D eigenvalue weighted by Gasteiger charge is 2.19. The van der Waals surface area contributed by atoms with Crippen LogP contribution in [0.15, 0.2) is 24.3 Å². The van der Waals surface area contributed by atoms with Crippen LogP contribution in [-0.2, 0) is 0 Å². The fourth-order valence-corrected chi connectivity index (χ4v) is 2.43. The maximum absolute atomic E-state index is 12.8. The average molecular weight is 334 g/mol. The van der Waals surface area contributed by atoms with Crippen molar-refractivity contribution in [2.24, 2.45) is 0 Å². The fraction of sp³-hybridized carbons (Fsp3) is 0.176. The molecule has 5 nitrogen and oxygen atoms in total. The molecular weight excluding hydrogens is 318 g/mol. The number of ketones is 1. The van der Waals surface area contributed by atoms with E-state index in [1.54, 1.807) is 25.1 Å². The molecule has 0 unspecified atom stereocenters. The molecule has 0 heterocycles. The zero-order valence-corrected chi connectivity index (χ0v) is 13.7. The minimum absolute atomic E-state index is 0.166. The topological polar surface area (TPSA) is 78.6 Å². The van der Waals surface area contributed by atoms with E-state index in [1.807, 2.05) is 0 Å². The van der Waals surface area contributed by atoms with E-state index in [-0.39, 0.29) is 22.1 Å². The van der Waals surface area contributed by atoms with Gasteiger partial charge in [0.15, 0.2) is 12.1 Å². The third-order valence-electron chi connectivity index (χ3n) is 3.57. The van der Waals surface area contributed by atoms with Crippen molar-refractivity contribution in [3.8, 4) is 11.5 Å². The third kappa shape index (κ3) is 3.14. The maximum atomic E-state index is 12.8. The molecule has 0 fully saturated rings. The van der Waals surface area contributed by atoms with Crippen molar-refractivity contribution in [3.63, 3.8) is 0 Å². The highest BCUT2D eigenvalue weighted by molar-refractivity contribution is 6.35. The Balaban J connectivity index is 2.61. The standard InChI is InChI=1S/C17H16ClNO4/c1-9-14(6-11(8-20)16(19)15(9)18)17(21)10-4-12(22-2)7-13(5-10)23-3/h4-8H,19H2,1-3H3. The fourth-order valence-electron chi connectivity index (χ4n) is 2.22. The summed E-state index contributed by atoms with van der Waals surface area (Å²) in [4.78, 5) is 23.9. The first-order chi connectivity index (χ1) is 10.9. The molecule has 2 aromatic rings. The van der Waals surface area contributed by atoms with E-state index in [0.717, 1.165) is 0 Å². The van der Waals surface area contributed by atoms with Gasteiger partial charge in [-0.3, -0.25) is 9.59 Å². The third-order valence-corrected chi connectivity index (χ3v) is 4.05. The van der Waals surface area contributed by atoms with E-state index in [1.165, 1.54) is 20.3 Å². The molecule has 0 bridgehead atoms. The van der Waals surface area contributed by atoms with Crippen molar-refractivity contribution in [3.05, 3.63) is 51.5 Å². The number of rotatable bonds is 5. The van der Waals surface area contributed by atoms with Crippen LogP contribution in [0.2, 0.25) is 5.02 Å². The van der Waals surface area contributed by atoms with Crippen molar-refractivity contribution >= 4 is 29.4 Å². The number of benzene rings is 2. The summed E-state index contributed by atoms with van der Waals surface area (Å²) in [6, 6.07) is 6.29. The first-order valence-electron chi connectivity index (χ1n) is 6.74. The largest absolute Gasteiger partial charge is 0.497 e. The van der Waals surface area contributed by atoms with Crippen molar-refractivity contribution in [1.82, 2.24) is 0 Å². The van der Waals surface area contributed by atoms with Crippen molar-refractivity contribution in [1.29, 1.82) is 0 Å². The first-order valence-corrected chi connectivity index (χ1v) is 7.12. The summed E-state index contributed by atoms with van der Waals surface area (Å²) in [5.74, 6) is 0.676. The van der Waals surface area contributed by atoms with Crippen LogP contribution in [0.25, 0.3) is 0 Å². The Morgan fingerprint density at radius 1 is 1.13 bits per heavy atom. The summed E-state index contributed by atoms with van der Waals surface area (Å²) < 4.78 is 10.3. The lowest BCUT2D eigenvalue weighted by Crippen LogP contribution is -2.08. The van der Waals surface area contributed by atoms with E-state index in [9.17, 15) is 9.59 Å². The van der Waals surface area contributed by atoms with Gasteiger partial charge in [-0.05, 0) is 30.7 Å². The second-order valence-corrected chi connectivity index (χ2v) is 5.29. The Morgan fingerprint density at radius 2 is 1.70 bits per heavy atom. The number of carbonyl (C=O) groups is 2. The number of anilines is 1. The number of hydrogen-bond acceptors (Lipinski definition) is 5. The number of aldehydes is 1. The summed E-state index contributed by atoms with van der Waals surface area (Å²) >= 11 is 6.13. The first kappa shape index (κ1) is 16.8. The normalized spacial score (nSPS) is 10.3. The van der Waals surface area contributed by atoms with Crippen LogP contribution < -0.4 is 15.2 Å². The average Bonchev–Trinajstić information content (AvgIpc) is 2.58. The molecule has 0 amide bonds. The summed E-state index contributed by atoms with van der Waals surface area (Å²) in [5, 5.41) is 0.202. The van der Waals surface area contributed by atoms with Gasteiger partial charge in [-0.2, -0.15) is 0 Å². The van der Waals surface area contributed by atoms with Gasteiger partial charge >= 0.3 is 0 Å². The summed E-state index contributed by atoms with van der Waals surface area (Å²) in [6.07, 6.45) is 0.573. The molecule has 0 aliphatic heterocycles. The predicted octanol–water partition coefficient (Wildman–Crippen LogP) is 3.29.